The number of carbonyl (C=O) groups is 1. The first-order valence-corrected chi connectivity index (χ1v) is 6.73. The molecule has 0 aromatic heterocycles. The number of rotatable bonds is 4. The lowest BCUT2D eigenvalue weighted by Gasteiger charge is -2.26. The minimum atomic E-state index is 0.0988. The molecule has 1 saturated heterocycles. The Balaban J connectivity index is 2.24. The minimum absolute atomic E-state index is 0.0988. The molecule has 0 atom stereocenters. The fourth-order valence-corrected chi connectivity index (χ4v) is 2.17. The molecular formula is C15H22N2O2. The van der Waals surface area contributed by atoms with Crippen molar-refractivity contribution < 1.29 is 9.53 Å². The van der Waals surface area contributed by atoms with Crippen molar-refractivity contribution >= 4 is 11.6 Å². The van der Waals surface area contributed by atoms with Crippen LogP contribution in [0, 0.1) is 12.8 Å². The number of anilines is 1. The minimum Gasteiger partial charge on any atom is -0.496 e. The van der Waals surface area contributed by atoms with E-state index in [4.69, 9.17) is 4.74 Å². The van der Waals surface area contributed by atoms with E-state index < -0.39 is 0 Å². The number of amides is 1. The number of carbonyl (C=O) groups excluding carboxylic acids is 1. The number of benzene rings is 1. The van der Waals surface area contributed by atoms with Crippen LogP contribution in [0.1, 0.15) is 30.9 Å². The van der Waals surface area contributed by atoms with Gasteiger partial charge in [-0.25, -0.2) is 0 Å². The molecule has 4 heteroatoms. The number of hydrogen-bond acceptors (Lipinski definition) is 3. The fraction of sp³-hybridized carbons (Fsp3) is 0.533. The predicted molar refractivity (Wildman–Crippen MR) is 76.8 cm³/mol. The van der Waals surface area contributed by atoms with Crippen molar-refractivity contribution in [2.24, 2.45) is 5.92 Å². The summed E-state index contributed by atoms with van der Waals surface area (Å²) in [5.41, 5.74) is 3.04. The fourth-order valence-electron chi connectivity index (χ4n) is 2.17. The van der Waals surface area contributed by atoms with E-state index in [0.29, 0.717) is 5.92 Å². The molecule has 4 nitrogen and oxygen atoms in total. The summed E-state index contributed by atoms with van der Waals surface area (Å²) < 4.78 is 5.40. The Hall–Kier alpha value is -1.55. The first-order chi connectivity index (χ1) is 9.02. The van der Waals surface area contributed by atoms with Crippen LogP contribution in [0.3, 0.4) is 0 Å². The highest BCUT2D eigenvalue weighted by atomic mass is 16.5. The summed E-state index contributed by atoms with van der Waals surface area (Å²) in [5, 5.41) is 6.13. The van der Waals surface area contributed by atoms with Crippen LogP contribution in [0.25, 0.3) is 0 Å². The molecule has 1 fully saturated rings. The average Bonchev–Trinajstić information content (AvgIpc) is 2.28. The second-order valence-corrected chi connectivity index (χ2v) is 5.41. The molecule has 1 aromatic carbocycles. The van der Waals surface area contributed by atoms with Crippen molar-refractivity contribution in [3.05, 3.63) is 23.3 Å². The van der Waals surface area contributed by atoms with Gasteiger partial charge in [0, 0.05) is 18.8 Å². The van der Waals surface area contributed by atoms with Gasteiger partial charge in [0.15, 0.2) is 0 Å². The second-order valence-electron chi connectivity index (χ2n) is 5.41. The highest BCUT2D eigenvalue weighted by Gasteiger charge is 2.25. The zero-order valence-corrected chi connectivity index (χ0v) is 12.0. The van der Waals surface area contributed by atoms with E-state index >= 15 is 0 Å². The van der Waals surface area contributed by atoms with Gasteiger partial charge >= 0.3 is 0 Å². The summed E-state index contributed by atoms with van der Waals surface area (Å²) in [6.07, 6.45) is 0. The third-order valence-corrected chi connectivity index (χ3v) is 3.61. The van der Waals surface area contributed by atoms with Crippen LogP contribution in [-0.2, 0) is 4.79 Å². The summed E-state index contributed by atoms with van der Waals surface area (Å²) in [6, 6.07) is 4.02. The summed E-state index contributed by atoms with van der Waals surface area (Å²) in [6.45, 7) is 7.78. The Morgan fingerprint density at radius 3 is 2.58 bits per heavy atom. The predicted octanol–water partition coefficient (Wildman–Crippen LogP) is 2.28. The molecule has 19 heavy (non-hydrogen) atoms. The van der Waals surface area contributed by atoms with Crippen LogP contribution >= 0.6 is 0 Å². The normalized spacial score (nSPS) is 15.2. The van der Waals surface area contributed by atoms with Crippen LogP contribution in [0.15, 0.2) is 12.1 Å². The number of ether oxygens (including phenoxy) is 1. The van der Waals surface area contributed by atoms with Crippen molar-refractivity contribution in [1.29, 1.82) is 0 Å². The maximum atomic E-state index is 12.0. The molecule has 0 unspecified atom stereocenters. The molecule has 0 aliphatic carbocycles. The first-order valence-electron chi connectivity index (χ1n) is 6.73. The van der Waals surface area contributed by atoms with Crippen LogP contribution in [0.5, 0.6) is 5.75 Å². The second kappa shape index (κ2) is 5.61. The SMILES string of the molecule is COc1cc(C)c(NC(=O)C2CNC2)cc1C(C)C. The summed E-state index contributed by atoms with van der Waals surface area (Å²) in [5.74, 6) is 1.44. The molecule has 2 N–H and O–H groups in total. The van der Waals surface area contributed by atoms with Crippen molar-refractivity contribution in [1.82, 2.24) is 5.32 Å². The van der Waals surface area contributed by atoms with E-state index in [0.717, 1.165) is 35.7 Å². The number of aryl methyl sites for hydroxylation is 1. The van der Waals surface area contributed by atoms with E-state index in [1.165, 1.54) is 0 Å². The van der Waals surface area contributed by atoms with Crippen LogP contribution in [-0.4, -0.2) is 26.1 Å². The van der Waals surface area contributed by atoms with Gasteiger partial charge < -0.3 is 15.4 Å². The van der Waals surface area contributed by atoms with E-state index in [1.54, 1.807) is 7.11 Å². The van der Waals surface area contributed by atoms with Gasteiger partial charge in [-0.3, -0.25) is 4.79 Å². The smallest absolute Gasteiger partial charge is 0.230 e. The topological polar surface area (TPSA) is 50.4 Å². The molecule has 2 rings (SSSR count). The van der Waals surface area contributed by atoms with Gasteiger partial charge in [-0.2, -0.15) is 0 Å². The summed E-state index contributed by atoms with van der Waals surface area (Å²) in [4.78, 5) is 12.0. The van der Waals surface area contributed by atoms with Crippen molar-refractivity contribution in [3.8, 4) is 5.75 Å². The van der Waals surface area contributed by atoms with Crippen molar-refractivity contribution in [2.75, 3.05) is 25.5 Å². The zero-order valence-electron chi connectivity index (χ0n) is 12.0. The van der Waals surface area contributed by atoms with Gasteiger partial charge in [0.05, 0.1) is 13.0 Å². The molecule has 1 aliphatic heterocycles. The highest BCUT2D eigenvalue weighted by Crippen LogP contribution is 2.32. The average molecular weight is 262 g/mol. The maximum absolute atomic E-state index is 12.0. The summed E-state index contributed by atoms with van der Waals surface area (Å²) in [7, 11) is 1.68. The van der Waals surface area contributed by atoms with Crippen LogP contribution < -0.4 is 15.4 Å². The van der Waals surface area contributed by atoms with Gasteiger partial charge in [0.2, 0.25) is 5.91 Å². The Bertz CT molecular complexity index is 479. The Labute approximate surface area is 114 Å². The monoisotopic (exact) mass is 262 g/mol. The quantitative estimate of drug-likeness (QED) is 0.875. The largest absolute Gasteiger partial charge is 0.496 e. The molecule has 0 saturated carbocycles. The summed E-state index contributed by atoms with van der Waals surface area (Å²) >= 11 is 0. The highest BCUT2D eigenvalue weighted by molar-refractivity contribution is 5.94. The molecule has 0 spiro atoms. The lowest BCUT2D eigenvalue weighted by atomic mass is 9.98. The first kappa shape index (κ1) is 13.9. The lowest BCUT2D eigenvalue weighted by Crippen LogP contribution is -2.48. The zero-order chi connectivity index (χ0) is 14.0. The van der Waals surface area contributed by atoms with E-state index in [-0.39, 0.29) is 11.8 Å². The molecule has 1 amide bonds. The number of methoxy groups -OCH3 is 1. The maximum Gasteiger partial charge on any atom is 0.230 e. The van der Waals surface area contributed by atoms with Crippen molar-refractivity contribution in [2.45, 2.75) is 26.7 Å². The Morgan fingerprint density at radius 2 is 2.11 bits per heavy atom. The number of hydrogen-bond donors (Lipinski definition) is 2. The molecule has 0 radical (unpaired) electrons. The molecule has 1 heterocycles. The number of nitrogens with one attached hydrogen (secondary N) is 2. The molecule has 1 aliphatic rings. The van der Waals surface area contributed by atoms with E-state index in [2.05, 4.69) is 24.5 Å². The lowest BCUT2D eigenvalue weighted by molar-refractivity contribution is -0.121. The van der Waals surface area contributed by atoms with Crippen molar-refractivity contribution in [3.63, 3.8) is 0 Å². The van der Waals surface area contributed by atoms with Crippen LogP contribution in [0.2, 0.25) is 0 Å². The molecular weight excluding hydrogens is 240 g/mol. The van der Waals surface area contributed by atoms with E-state index in [9.17, 15) is 4.79 Å². The molecule has 104 valence electrons. The van der Waals surface area contributed by atoms with Gasteiger partial charge in [-0.05, 0) is 36.1 Å². The standard InChI is InChI=1S/C15H22N2O2/c1-9(2)12-6-13(10(3)5-14(12)19-4)17-15(18)11-7-16-8-11/h5-6,9,11,16H,7-8H2,1-4H3,(H,17,18). The van der Waals surface area contributed by atoms with Gasteiger partial charge in [0.1, 0.15) is 5.75 Å². The van der Waals surface area contributed by atoms with Gasteiger partial charge in [-0.15, -0.1) is 0 Å². The molecule has 0 bridgehead atoms. The third-order valence-electron chi connectivity index (χ3n) is 3.61. The van der Waals surface area contributed by atoms with Gasteiger partial charge in [-0.1, -0.05) is 13.8 Å². The Morgan fingerprint density at radius 1 is 1.42 bits per heavy atom. The molecule has 1 aromatic rings. The van der Waals surface area contributed by atoms with Gasteiger partial charge in [0.25, 0.3) is 0 Å². The third kappa shape index (κ3) is 2.89. The Kier molecular flexibility index (Phi) is 4.10. The van der Waals surface area contributed by atoms with Crippen LogP contribution in [0.4, 0.5) is 5.69 Å². The van der Waals surface area contributed by atoms with E-state index in [1.807, 2.05) is 19.1 Å².